The minimum Gasteiger partial charge on any atom is -0.335 e. The highest BCUT2D eigenvalue weighted by molar-refractivity contribution is 7.89. The van der Waals surface area contributed by atoms with Gasteiger partial charge >= 0.3 is 6.03 Å². The molecule has 2 aromatic rings. The number of aryl methyl sites for hydroxylation is 1. The standard InChI is InChI=1S/C23H29N3O3S/c1-17-7-5-6-8-19(17)16-24-30(28,29)21-11-12-22-18(15-21)13-14-26(22)23(27)25-20-9-3-2-4-10-20/h5-8,11-12,15,20,24H,2-4,9-10,13-14,16H2,1H3,(H,25,27). The van der Waals surface area contributed by atoms with E-state index in [9.17, 15) is 13.2 Å². The van der Waals surface area contributed by atoms with Gasteiger partial charge in [0.05, 0.1) is 4.90 Å². The number of nitrogens with zero attached hydrogens (tertiary/aromatic N) is 1. The molecule has 0 radical (unpaired) electrons. The summed E-state index contributed by atoms with van der Waals surface area (Å²) < 4.78 is 28.3. The van der Waals surface area contributed by atoms with Gasteiger partial charge in [-0.25, -0.2) is 17.9 Å². The number of hydrogen-bond donors (Lipinski definition) is 2. The van der Waals surface area contributed by atoms with Gasteiger partial charge in [0.2, 0.25) is 10.0 Å². The van der Waals surface area contributed by atoms with Crippen molar-refractivity contribution in [2.45, 2.75) is 62.9 Å². The third-order valence-corrected chi connectivity index (χ3v) is 7.55. The van der Waals surface area contributed by atoms with E-state index in [1.807, 2.05) is 31.2 Å². The maximum atomic E-state index is 12.8. The fourth-order valence-corrected chi connectivity index (χ4v) is 5.38. The van der Waals surface area contributed by atoms with Crippen LogP contribution in [0, 0.1) is 6.92 Å². The van der Waals surface area contributed by atoms with Gasteiger partial charge in [0, 0.05) is 24.8 Å². The molecular formula is C23H29N3O3S. The summed E-state index contributed by atoms with van der Waals surface area (Å²) in [7, 11) is -3.63. The van der Waals surface area contributed by atoms with Crippen molar-refractivity contribution >= 4 is 21.7 Å². The zero-order chi connectivity index (χ0) is 21.1. The maximum Gasteiger partial charge on any atom is 0.322 e. The second-order valence-corrected chi connectivity index (χ2v) is 9.99. The lowest BCUT2D eigenvalue weighted by Crippen LogP contribution is -2.45. The zero-order valence-electron chi connectivity index (χ0n) is 17.4. The number of carbonyl (C=O) groups excluding carboxylic acids is 1. The molecule has 0 spiro atoms. The molecule has 2 aliphatic rings. The van der Waals surface area contributed by atoms with Crippen LogP contribution in [0.2, 0.25) is 0 Å². The van der Waals surface area contributed by atoms with Gasteiger partial charge in [0.1, 0.15) is 0 Å². The monoisotopic (exact) mass is 427 g/mol. The molecule has 0 bridgehead atoms. The summed E-state index contributed by atoms with van der Waals surface area (Å²) in [6.07, 6.45) is 6.31. The first-order valence-corrected chi connectivity index (χ1v) is 12.2. The van der Waals surface area contributed by atoms with Gasteiger partial charge in [0.15, 0.2) is 0 Å². The number of hydrogen-bond acceptors (Lipinski definition) is 3. The van der Waals surface area contributed by atoms with Crippen LogP contribution in [0.15, 0.2) is 47.4 Å². The first kappa shape index (κ1) is 20.9. The summed E-state index contributed by atoms with van der Waals surface area (Å²) in [4.78, 5) is 14.7. The Bertz CT molecular complexity index is 1030. The highest BCUT2D eigenvalue weighted by Crippen LogP contribution is 2.30. The van der Waals surface area contributed by atoms with Crippen molar-refractivity contribution in [2.75, 3.05) is 11.4 Å². The van der Waals surface area contributed by atoms with Crippen molar-refractivity contribution in [3.63, 3.8) is 0 Å². The molecule has 6 nitrogen and oxygen atoms in total. The van der Waals surface area contributed by atoms with Gasteiger partial charge in [-0.1, -0.05) is 43.5 Å². The second-order valence-electron chi connectivity index (χ2n) is 8.23. The van der Waals surface area contributed by atoms with Crippen LogP contribution in [0.1, 0.15) is 48.8 Å². The van der Waals surface area contributed by atoms with Gasteiger partial charge in [-0.05, 0) is 61.1 Å². The Kier molecular flexibility index (Phi) is 6.11. The average Bonchev–Trinajstić information content (AvgIpc) is 3.17. The predicted molar refractivity (Wildman–Crippen MR) is 118 cm³/mol. The molecule has 0 unspecified atom stereocenters. The minimum absolute atomic E-state index is 0.0751. The van der Waals surface area contributed by atoms with Gasteiger partial charge < -0.3 is 5.32 Å². The Balaban J connectivity index is 1.45. The molecule has 2 N–H and O–H groups in total. The summed E-state index contributed by atoms with van der Waals surface area (Å²) in [6.45, 7) is 2.79. The molecule has 1 heterocycles. The van der Waals surface area contributed by atoms with E-state index in [-0.39, 0.29) is 23.5 Å². The summed E-state index contributed by atoms with van der Waals surface area (Å²) in [6, 6.07) is 12.9. The van der Waals surface area contributed by atoms with Crippen LogP contribution in [-0.4, -0.2) is 27.0 Å². The first-order valence-electron chi connectivity index (χ1n) is 10.7. The third kappa shape index (κ3) is 4.52. The molecule has 1 aliphatic carbocycles. The second kappa shape index (κ2) is 8.78. The Morgan fingerprint density at radius 3 is 2.63 bits per heavy atom. The van der Waals surface area contributed by atoms with Gasteiger partial charge in [-0.3, -0.25) is 4.90 Å². The molecule has 4 rings (SSSR count). The fraction of sp³-hybridized carbons (Fsp3) is 0.435. The smallest absolute Gasteiger partial charge is 0.322 e. The number of sulfonamides is 1. The van der Waals surface area contributed by atoms with Crippen LogP contribution >= 0.6 is 0 Å². The normalized spacial score (nSPS) is 17.0. The molecule has 160 valence electrons. The van der Waals surface area contributed by atoms with Crippen molar-refractivity contribution in [2.24, 2.45) is 0 Å². The molecule has 1 saturated carbocycles. The first-order chi connectivity index (χ1) is 14.4. The number of nitrogens with one attached hydrogen (secondary N) is 2. The van der Waals surface area contributed by atoms with Gasteiger partial charge in [0.25, 0.3) is 0 Å². The van der Waals surface area contributed by atoms with E-state index in [0.29, 0.717) is 13.0 Å². The van der Waals surface area contributed by atoms with Crippen molar-refractivity contribution in [3.8, 4) is 0 Å². The third-order valence-electron chi connectivity index (χ3n) is 6.15. The van der Waals surface area contributed by atoms with Crippen LogP contribution in [0.5, 0.6) is 0 Å². The van der Waals surface area contributed by atoms with E-state index in [4.69, 9.17) is 0 Å². The molecule has 1 aliphatic heterocycles. The number of carbonyl (C=O) groups is 1. The summed E-state index contributed by atoms with van der Waals surface area (Å²) in [5, 5.41) is 3.15. The highest BCUT2D eigenvalue weighted by Gasteiger charge is 2.28. The van der Waals surface area contributed by atoms with E-state index in [1.165, 1.54) is 6.42 Å². The molecule has 2 amide bonds. The average molecular weight is 428 g/mol. The minimum atomic E-state index is -3.63. The quantitative estimate of drug-likeness (QED) is 0.760. The van der Waals surface area contributed by atoms with Crippen LogP contribution in [-0.2, 0) is 23.0 Å². The lowest BCUT2D eigenvalue weighted by atomic mass is 9.96. The number of amides is 2. The van der Waals surface area contributed by atoms with Crippen LogP contribution < -0.4 is 14.9 Å². The summed E-state index contributed by atoms with van der Waals surface area (Å²) in [5.74, 6) is 0. The van der Waals surface area contributed by atoms with Crippen molar-refractivity contribution in [1.82, 2.24) is 10.0 Å². The van der Waals surface area contributed by atoms with Crippen molar-refractivity contribution in [3.05, 3.63) is 59.2 Å². The summed E-state index contributed by atoms with van der Waals surface area (Å²) in [5.41, 5.74) is 3.70. The molecule has 0 aromatic heterocycles. The lowest BCUT2D eigenvalue weighted by Gasteiger charge is -2.26. The molecule has 0 atom stereocenters. The van der Waals surface area contributed by atoms with Crippen LogP contribution in [0.4, 0.5) is 10.5 Å². The molecule has 0 saturated heterocycles. The Morgan fingerprint density at radius 2 is 1.87 bits per heavy atom. The number of anilines is 1. The number of rotatable bonds is 5. The maximum absolute atomic E-state index is 12.8. The molecule has 30 heavy (non-hydrogen) atoms. The lowest BCUT2D eigenvalue weighted by molar-refractivity contribution is 0.238. The van der Waals surface area contributed by atoms with Crippen LogP contribution in [0.25, 0.3) is 0 Å². The van der Waals surface area contributed by atoms with E-state index in [1.54, 1.807) is 23.1 Å². The van der Waals surface area contributed by atoms with Gasteiger partial charge in [-0.2, -0.15) is 0 Å². The predicted octanol–water partition coefficient (Wildman–Crippen LogP) is 3.88. The van der Waals surface area contributed by atoms with E-state index in [2.05, 4.69) is 10.0 Å². The van der Waals surface area contributed by atoms with Crippen molar-refractivity contribution < 1.29 is 13.2 Å². The zero-order valence-corrected chi connectivity index (χ0v) is 18.2. The fourth-order valence-electron chi connectivity index (χ4n) is 4.32. The Hall–Kier alpha value is -2.38. The van der Waals surface area contributed by atoms with E-state index in [0.717, 1.165) is 48.1 Å². The largest absolute Gasteiger partial charge is 0.335 e. The van der Waals surface area contributed by atoms with E-state index < -0.39 is 10.0 Å². The number of benzene rings is 2. The molecule has 2 aromatic carbocycles. The van der Waals surface area contributed by atoms with Crippen molar-refractivity contribution in [1.29, 1.82) is 0 Å². The highest BCUT2D eigenvalue weighted by atomic mass is 32.2. The topological polar surface area (TPSA) is 78.5 Å². The SMILES string of the molecule is Cc1ccccc1CNS(=O)(=O)c1ccc2c(c1)CCN2C(=O)NC1CCCCC1. The number of urea groups is 1. The molecule has 1 fully saturated rings. The van der Waals surface area contributed by atoms with Gasteiger partial charge in [-0.15, -0.1) is 0 Å². The van der Waals surface area contributed by atoms with Crippen LogP contribution in [0.3, 0.4) is 0 Å². The Morgan fingerprint density at radius 1 is 1.10 bits per heavy atom. The molecule has 7 heteroatoms. The summed E-state index contributed by atoms with van der Waals surface area (Å²) >= 11 is 0. The van der Waals surface area contributed by atoms with E-state index >= 15 is 0 Å². The Labute approximate surface area is 178 Å². The molecular weight excluding hydrogens is 398 g/mol. The number of fused-ring (bicyclic) bond motifs is 1.